The second-order valence-electron chi connectivity index (χ2n) is 7.59. The van der Waals surface area contributed by atoms with E-state index in [9.17, 15) is 4.79 Å². The first-order chi connectivity index (χ1) is 13.2. The zero-order valence-electron chi connectivity index (χ0n) is 16.3. The number of likely N-dealkylation sites (tertiary alicyclic amines) is 1. The molecule has 0 aromatic carbocycles. The number of hydrogen-bond acceptors (Lipinski definition) is 5. The summed E-state index contributed by atoms with van der Waals surface area (Å²) in [5.74, 6) is 0. The minimum Gasteiger partial charge on any atom is -0.378 e. The normalized spacial score (nSPS) is 21.9. The molecule has 8 nitrogen and oxygen atoms in total. The minimum atomic E-state index is 0.0599. The summed E-state index contributed by atoms with van der Waals surface area (Å²) in [5, 5.41) is 8.04. The van der Waals surface area contributed by atoms with E-state index in [2.05, 4.69) is 21.8 Å². The molecule has 0 aliphatic carbocycles. The van der Waals surface area contributed by atoms with Crippen molar-refractivity contribution >= 4 is 6.03 Å². The van der Waals surface area contributed by atoms with Crippen LogP contribution in [0.3, 0.4) is 0 Å². The van der Waals surface area contributed by atoms with Crippen LogP contribution in [0.1, 0.15) is 36.7 Å². The molecular weight excluding hydrogens is 346 g/mol. The molecule has 0 bridgehead atoms. The number of fused-ring (bicyclic) bond motifs is 1. The van der Waals surface area contributed by atoms with Gasteiger partial charge in [0, 0.05) is 63.0 Å². The van der Waals surface area contributed by atoms with Gasteiger partial charge in [-0.15, -0.1) is 0 Å². The van der Waals surface area contributed by atoms with Gasteiger partial charge in [0.2, 0.25) is 0 Å². The number of aryl methyl sites for hydroxylation is 1. The molecule has 1 N–H and O–H groups in total. The van der Waals surface area contributed by atoms with E-state index in [1.165, 1.54) is 17.0 Å². The van der Waals surface area contributed by atoms with Crippen molar-refractivity contribution in [1.29, 1.82) is 0 Å². The summed E-state index contributed by atoms with van der Waals surface area (Å²) in [6.07, 6.45) is 2.94. The summed E-state index contributed by atoms with van der Waals surface area (Å²) in [6.45, 7) is 10.1. The van der Waals surface area contributed by atoms with Gasteiger partial charge in [0.05, 0.1) is 32.1 Å². The number of hydrogen-bond donors (Lipinski definition) is 1. The van der Waals surface area contributed by atoms with Crippen molar-refractivity contribution < 1.29 is 14.3 Å². The molecule has 2 fully saturated rings. The van der Waals surface area contributed by atoms with Crippen LogP contribution in [0, 0.1) is 0 Å². The Morgan fingerprint density at radius 1 is 1.15 bits per heavy atom. The third-order valence-corrected chi connectivity index (χ3v) is 5.87. The first-order valence-corrected chi connectivity index (χ1v) is 10.2. The Hall–Kier alpha value is -1.64. The van der Waals surface area contributed by atoms with E-state index >= 15 is 0 Å². The van der Waals surface area contributed by atoms with Crippen molar-refractivity contribution in [1.82, 2.24) is 24.9 Å². The SMILES string of the molecule is CCn1nc(CN2CCC(NC(=O)N3CCOCC3)CC2)c2c1CCOC2. The first-order valence-electron chi connectivity index (χ1n) is 10.2. The fourth-order valence-electron chi connectivity index (χ4n) is 4.25. The van der Waals surface area contributed by atoms with Crippen LogP contribution >= 0.6 is 0 Å². The average molecular weight is 377 g/mol. The van der Waals surface area contributed by atoms with Gasteiger partial charge in [-0.2, -0.15) is 5.10 Å². The third kappa shape index (κ3) is 4.28. The highest BCUT2D eigenvalue weighted by atomic mass is 16.5. The molecule has 0 spiro atoms. The van der Waals surface area contributed by atoms with Crippen molar-refractivity contribution in [2.45, 2.75) is 51.9 Å². The highest BCUT2D eigenvalue weighted by molar-refractivity contribution is 5.74. The van der Waals surface area contributed by atoms with Gasteiger partial charge in [-0.3, -0.25) is 9.58 Å². The molecule has 4 heterocycles. The van der Waals surface area contributed by atoms with E-state index in [4.69, 9.17) is 14.6 Å². The van der Waals surface area contributed by atoms with Crippen molar-refractivity contribution in [2.24, 2.45) is 0 Å². The van der Waals surface area contributed by atoms with Crippen LogP contribution in [0.4, 0.5) is 4.79 Å². The van der Waals surface area contributed by atoms with Gasteiger partial charge in [0.1, 0.15) is 0 Å². The molecule has 1 aromatic rings. The summed E-state index contributed by atoms with van der Waals surface area (Å²) in [7, 11) is 0. The Morgan fingerprint density at radius 2 is 1.93 bits per heavy atom. The molecule has 1 aromatic heterocycles. The number of nitrogens with one attached hydrogen (secondary N) is 1. The predicted molar refractivity (Wildman–Crippen MR) is 100 cm³/mol. The van der Waals surface area contributed by atoms with Gasteiger partial charge in [0.15, 0.2) is 0 Å². The minimum absolute atomic E-state index is 0.0599. The fraction of sp³-hybridized carbons (Fsp3) is 0.789. The number of ether oxygens (including phenoxy) is 2. The summed E-state index contributed by atoms with van der Waals surface area (Å²) in [4.78, 5) is 16.7. The number of piperidine rings is 1. The van der Waals surface area contributed by atoms with Crippen LogP contribution in [0.2, 0.25) is 0 Å². The van der Waals surface area contributed by atoms with E-state index in [0.717, 1.165) is 52.0 Å². The molecule has 0 atom stereocenters. The summed E-state index contributed by atoms with van der Waals surface area (Å²) in [6, 6.07) is 0.326. The lowest BCUT2D eigenvalue weighted by atomic mass is 10.0. The van der Waals surface area contributed by atoms with Crippen LogP contribution < -0.4 is 5.32 Å². The maximum absolute atomic E-state index is 12.4. The number of carbonyl (C=O) groups is 1. The largest absolute Gasteiger partial charge is 0.378 e. The van der Waals surface area contributed by atoms with E-state index < -0.39 is 0 Å². The Kier molecular flexibility index (Phi) is 5.95. The average Bonchev–Trinajstić information content (AvgIpc) is 3.08. The Labute approximate surface area is 160 Å². The third-order valence-electron chi connectivity index (χ3n) is 5.87. The summed E-state index contributed by atoms with van der Waals surface area (Å²) < 4.78 is 13.1. The van der Waals surface area contributed by atoms with Gasteiger partial charge < -0.3 is 19.7 Å². The Bertz CT molecular complexity index is 648. The van der Waals surface area contributed by atoms with Crippen LogP contribution in [0.5, 0.6) is 0 Å². The summed E-state index contributed by atoms with van der Waals surface area (Å²) in [5.41, 5.74) is 3.82. The van der Waals surface area contributed by atoms with Crippen molar-refractivity contribution in [3.05, 3.63) is 17.0 Å². The summed E-state index contributed by atoms with van der Waals surface area (Å²) >= 11 is 0. The highest BCUT2D eigenvalue weighted by Gasteiger charge is 2.26. The predicted octanol–water partition coefficient (Wildman–Crippen LogP) is 0.982. The molecule has 3 aliphatic heterocycles. The lowest BCUT2D eigenvalue weighted by Crippen LogP contribution is -2.51. The first kappa shape index (κ1) is 18.7. The number of aromatic nitrogens is 2. The van der Waals surface area contributed by atoms with Crippen LogP contribution in [0.15, 0.2) is 0 Å². The topological polar surface area (TPSA) is 71.9 Å². The van der Waals surface area contributed by atoms with E-state index in [0.29, 0.717) is 32.9 Å². The van der Waals surface area contributed by atoms with E-state index in [-0.39, 0.29) is 12.1 Å². The zero-order chi connectivity index (χ0) is 18.6. The molecule has 0 saturated carbocycles. The van der Waals surface area contributed by atoms with Gasteiger partial charge in [0.25, 0.3) is 0 Å². The van der Waals surface area contributed by atoms with Crippen LogP contribution in [0.25, 0.3) is 0 Å². The molecule has 2 amide bonds. The second-order valence-corrected chi connectivity index (χ2v) is 7.59. The molecule has 0 radical (unpaired) electrons. The van der Waals surface area contributed by atoms with Gasteiger partial charge in [-0.05, 0) is 19.8 Å². The Balaban J connectivity index is 1.28. The molecular formula is C19H31N5O3. The maximum atomic E-state index is 12.4. The molecule has 3 aliphatic rings. The second kappa shape index (κ2) is 8.58. The molecule has 2 saturated heterocycles. The number of nitrogens with zero attached hydrogens (tertiary/aromatic N) is 4. The maximum Gasteiger partial charge on any atom is 0.317 e. The lowest BCUT2D eigenvalue weighted by molar-refractivity contribution is 0.0516. The van der Waals surface area contributed by atoms with Crippen LogP contribution in [-0.4, -0.2) is 77.7 Å². The number of rotatable bonds is 4. The number of carbonyl (C=O) groups excluding carboxylic acids is 1. The van der Waals surface area contributed by atoms with Gasteiger partial charge >= 0.3 is 6.03 Å². The lowest BCUT2D eigenvalue weighted by Gasteiger charge is -2.34. The Morgan fingerprint density at radius 3 is 2.67 bits per heavy atom. The molecule has 8 heteroatoms. The molecule has 27 heavy (non-hydrogen) atoms. The molecule has 0 unspecified atom stereocenters. The van der Waals surface area contributed by atoms with Gasteiger partial charge in [-0.1, -0.05) is 0 Å². The van der Waals surface area contributed by atoms with E-state index in [1.54, 1.807) is 0 Å². The van der Waals surface area contributed by atoms with Crippen molar-refractivity contribution in [3.63, 3.8) is 0 Å². The van der Waals surface area contributed by atoms with Crippen molar-refractivity contribution in [2.75, 3.05) is 46.0 Å². The van der Waals surface area contributed by atoms with Crippen LogP contribution in [-0.2, 0) is 35.6 Å². The number of morpholine rings is 1. The zero-order valence-corrected chi connectivity index (χ0v) is 16.3. The number of urea groups is 1. The van der Waals surface area contributed by atoms with Gasteiger partial charge in [-0.25, -0.2) is 4.79 Å². The fourth-order valence-corrected chi connectivity index (χ4v) is 4.25. The monoisotopic (exact) mass is 377 g/mol. The van der Waals surface area contributed by atoms with Crippen molar-refractivity contribution in [3.8, 4) is 0 Å². The smallest absolute Gasteiger partial charge is 0.317 e. The number of amides is 2. The standard InChI is InChI=1S/C19H31N5O3/c1-2-24-18-5-10-27-14-16(18)17(21-24)13-22-6-3-15(4-7-22)20-19(25)23-8-11-26-12-9-23/h15H,2-14H2,1H3,(H,20,25). The quantitative estimate of drug-likeness (QED) is 0.847. The molecule has 150 valence electrons. The highest BCUT2D eigenvalue weighted by Crippen LogP contribution is 2.23. The molecule has 4 rings (SSSR count). The van der Waals surface area contributed by atoms with E-state index in [1.807, 2.05) is 4.90 Å².